The standard InChI is InChI=1S/C10H11F2NO/c11-9-5-4-8(10(12)7-9)3-1-2-6-14-13/h1,3-5,7H,2,6,13H2/b3-1+. The number of benzene rings is 1. The van der Waals surface area contributed by atoms with Crippen molar-refractivity contribution in [3.8, 4) is 0 Å². The molecule has 76 valence electrons. The molecule has 0 saturated carbocycles. The highest BCUT2D eigenvalue weighted by atomic mass is 19.1. The van der Waals surface area contributed by atoms with E-state index in [0.29, 0.717) is 18.6 Å². The fraction of sp³-hybridized carbons (Fsp3) is 0.200. The van der Waals surface area contributed by atoms with E-state index in [0.717, 1.165) is 6.07 Å². The van der Waals surface area contributed by atoms with Crippen molar-refractivity contribution in [3.63, 3.8) is 0 Å². The second-order valence-electron chi connectivity index (χ2n) is 2.73. The van der Waals surface area contributed by atoms with Crippen molar-refractivity contribution in [2.24, 2.45) is 5.90 Å². The Hall–Kier alpha value is -1.26. The molecule has 1 aromatic carbocycles. The van der Waals surface area contributed by atoms with Crippen LogP contribution in [0.4, 0.5) is 8.78 Å². The quantitative estimate of drug-likeness (QED) is 0.596. The molecule has 4 heteroatoms. The summed E-state index contributed by atoms with van der Waals surface area (Å²) >= 11 is 0. The van der Waals surface area contributed by atoms with Gasteiger partial charge in [-0.05, 0) is 18.6 Å². The summed E-state index contributed by atoms with van der Waals surface area (Å²) in [6, 6.07) is 3.44. The molecule has 0 saturated heterocycles. The van der Waals surface area contributed by atoms with Gasteiger partial charge < -0.3 is 4.84 Å². The van der Waals surface area contributed by atoms with Crippen molar-refractivity contribution in [2.75, 3.05) is 6.61 Å². The van der Waals surface area contributed by atoms with Crippen LogP contribution in [0.25, 0.3) is 6.08 Å². The number of hydrogen-bond donors (Lipinski definition) is 1. The van der Waals surface area contributed by atoms with E-state index in [1.54, 1.807) is 12.2 Å². The molecule has 0 unspecified atom stereocenters. The molecule has 0 amide bonds. The minimum absolute atomic E-state index is 0.350. The first-order valence-electron chi connectivity index (χ1n) is 4.17. The highest BCUT2D eigenvalue weighted by Gasteiger charge is 1.99. The van der Waals surface area contributed by atoms with Crippen molar-refractivity contribution in [1.82, 2.24) is 0 Å². The Labute approximate surface area is 80.9 Å². The molecular weight excluding hydrogens is 188 g/mol. The minimum Gasteiger partial charge on any atom is -0.304 e. The molecule has 0 spiro atoms. The van der Waals surface area contributed by atoms with Gasteiger partial charge in [-0.15, -0.1) is 0 Å². The van der Waals surface area contributed by atoms with Gasteiger partial charge in [0.25, 0.3) is 0 Å². The molecule has 2 nitrogen and oxygen atoms in total. The maximum Gasteiger partial charge on any atom is 0.133 e. The summed E-state index contributed by atoms with van der Waals surface area (Å²) in [6.45, 7) is 0.374. The van der Waals surface area contributed by atoms with Crippen LogP contribution in [0, 0.1) is 11.6 Å². The lowest BCUT2D eigenvalue weighted by Gasteiger charge is -1.96. The van der Waals surface area contributed by atoms with E-state index in [9.17, 15) is 8.78 Å². The Morgan fingerprint density at radius 1 is 1.36 bits per heavy atom. The highest BCUT2D eigenvalue weighted by Crippen LogP contribution is 2.11. The molecule has 0 bridgehead atoms. The molecule has 0 aromatic heterocycles. The summed E-state index contributed by atoms with van der Waals surface area (Å²) in [6.07, 6.45) is 3.87. The lowest BCUT2D eigenvalue weighted by molar-refractivity contribution is 0.143. The maximum absolute atomic E-state index is 13.0. The van der Waals surface area contributed by atoms with E-state index in [2.05, 4.69) is 4.84 Å². The van der Waals surface area contributed by atoms with Gasteiger partial charge in [0.1, 0.15) is 11.6 Å². The van der Waals surface area contributed by atoms with Gasteiger partial charge in [-0.1, -0.05) is 12.2 Å². The zero-order valence-corrected chi connectivity index (χ0v) is 7.54. The largest absolute Gasteiger partial charge is 0.304 e. The van der Waals surface area contributed by atoms with Crippen molar-refractivity contribution in [1.29, 1.82) is 0 Å². The molecule has 0 aliphatic carbocycles. The third-order valence-electron chi connectivity index (χ3n) is 1.66. The molecule has 2 N–H and O–H groups in total. The summed E-state index contributed by atoms with van der Waals surface area (Å²) in [7, 11) is 0. The lowest BCUT2D eigenvalue weighted by Crippen LogP contribution is -1.98. The lowest BCUT2D eigenvalue weighted by atomic mass is 10.2. The zero-order valence-electron chi connectivity index (χ0n) is 7.54. The summed E-state index contributed by atoms with van der Waals surface area (Å²) in [5.74, 6) is 3.65. The van der Waals surface area contributed by atoms with Crippen LogP contribution in [0.15, 0.2) is 24.3 Å². The topological polar surface area (TPSA) is 35.2 Å². The van der Waals surface area contributed by atoms with Crippen molar-refractivity contribution >= 4 is 6.08 Å². The molecule has 0 aliphatic heterocycles. The molecule has 0 fully saturated rings. The van der Waals surface area contributed by atoms with Crippen LogP contribution in [0.5, 0.6) is 0 Å². The van der Waals surface area contributed by atoms with Crippen molar-refractivity contribution < 1.29 is 13.6 Å². The molecule has 1 aromatic rings. The SMILES string of the molecule is NOCC/C=C/c1ccc(F)cc1F. The molecule has 0 aliphatic rings. The van der Waals surface area contributed by atoms with Gasteiger partial charge in [0.2, 0.25) is 0 Å². The molecule has 0 radical (unpaired) electrons. The molecule has 0 atom stereocenters. The average molecular weight is 199 g/mol. The first kappa shape index (κ1) is 10.8. The van der Waals surface area contributed by atoms with E-state index >= 15 is 0 Å². The first-order valence-corrected chi connectivity index (χ1v) is 4.17. The van der Waals surface area contributed by atoms with Gasteiger partial charge >= 0.3 is 0 Å². The fourth-order valence-corrected chi connectivity index (χ4v) is 0.983. The van der Waals surface area contributed by atoms with Crippen LogP contribution >= 0.6 is 0 Å². The fourth-order valence-electron chi connectivity index (χ4n) is 0.983. The number of rotatable bonds is 4. The summed E-state index contributed by atoms with van der Waals surface area (Å²) in [5.41, 5.74) is 0.350. The Bertz CT molecular complexity index is 326. The monoisotopic (exact) mass is 199 g/mol. The number of halogens is 2. The van der Waals surface area contributed by atoms with E-state index in [-0.39, 0.29) is 0 Å². The summed E-state index contributed by atoms with van der Waals surface area (Å²) in [4.78, 5) is 4.32. The van der Waals surface area contributed by atoms with Crippen LogP contribution in [0.2, 0.25) is 0 Å². The Morgan fingerprint density at radius 2 is 2.14 bits per heavy atom. The summed E-state index contributed by atoms with van der Waals surface area (Å²) < 4.78 is 25.5. The number of nitrogens with two attached hydrogens (primary N) is 1. The van der Waals surface area contributed by atoms with Gasteiger partial charge in [-0.25, -0.2) is 14.7 Å². The Balaban J connectivity index is 2.62. The second-order valence-corrected chi connectivity index (χ2v) is 2.73. The summed E-state index contributed by atoms with van der Waals surface area (Å²) in [5, 5.41) is 0. The van der Waals surface area contributed by atoms with Crippen LogP contribution in [-0.2, 0) is 4.84 Å². The molecular formula is C10H11F2NO. The minimum atomic E-state index is -0.579. The van der Waals surface area contributed by atoms with Gasteiger partial charge in [-0.2, -0.15) is 0 Å². The van der Waals surface area contributed by atoms with Gasteiger partial charge in [-0.3, -0.25) is 0 Å². The average Bonchev–Trinajstić information content (AvgIpc) is 2.15. The van der Waals surface area contributed by atoms with Crippen LogP contribution < -0.4 is 5.90 Å². The van der Waals surface area contributed by atoms with Crippen LogP contribution in [0.1, 0.15) is 12.0 Å². The van der Waals surface area contributed by atoms with E-state index in [1.807, 2.05) is 0 Å². The normalized spacial score (nSPS) is 11.1. The number of hydrogen-bond acceptors (Lipinski definition) is 2. The zero-order chi connectivity index (χ0) is 10.4. The Kier molecular flexibility index (Phi) is 4.22. The predicted molar refractivity (Wildman–Crippen MR) is 50.1 cm³/mol. The maximum atomic E-state index is 13.0. The highest BCUT2D eigenvalue weighted by molar-refractivity contribution is 5.49. The van der Waals surface area contributed by atoms with Crippen molar-refractivity contribution in [2.45, 2.75) is 6.42 Å². The molecule has 0 heterocycles. The van der Waals surface area contributed by atoms with Crippen LogP contribution in [0.3, 0.4) is 0 Å². The Morgan fingerprint density at radius 3 is 2.79 bits per heavy atom. The van der Waals surface area contributed by atoms with E-state index in [1.165, 1.54) is 12.1 Å². The van der Waals surface area contributed by atoms with Crippen molar-refractivity contribution in [3.05, 3.63) is 41.5 Å². The first-order chi connectivity index (χ1) is 6.74. The smallest absolute Gasteiger partial charge is 0.133 e. The molecule has 14 heavy (non-hydrogen) atoms. The van der Waals surface area contributed by atoms with Gasteiger partial charge in [0.15, 0.2) is 0 Å². The van der Waals surface area contributed by atoms with Gasteiger partial charge in [0, 0.05) is 11.6 Å². The molecule has 1 rings (SSSR count). The van der Waals surface area contributed by atoms with E-state index in [4.69, 9.17) is 5.90 Å². The van der Waals surface area contributed by atoms with Gasteiger partial charge in [0.05, 0.1) is 6.61 Å². The second kappa shape index (κ2) is 5.47. The van der Waals surface area contributed by atoms with Crippen LogP contribution in [-0.4, -0.2) is 6.61 Å². The third-order valence-corrected chi connectivity index (χ3v) is 1.66. The van der Waals surface area contributed by atoms with E-state index < -0.39 is 11.6 Å². The third kappa shape index (κ3) is 3.24. The predicted octanol–water partition coefficient (Wildman–Crippen LogP) is 2.26.